The first kappa shape index (κ1) is 21.8. The zero-order valence-electron chi connectivity index (χ0n) is 17.1. The van der Waals surface area contributed by atoms with Crippen LogP contribution in [-0.4, -0.2) is 69.0 Å². The van der Waals surface area contributed by atoms with Crippen LogP contribution < -0.4 is 20.1 Å². The number of esters is 1. The smallest absolute Gasteiger partial charge is 0.337 e. The van der Waals surface area contributed by atoms with Gasteiger partial charge in [-0.3, -0.25) is 4.79 Å². The third-order valence-electron chi connectivity index (χ3n) is 4.91. The van der Waals surface area contributed by atoms with Crippen molar-refractivity contribution in [2.45, 2.75) is 13.0 Å². The molecular weight excluding hydrogens is 410 g/mol. The number of carbonyl (C=O) groups is 2. The van der Waals surface area contributed by atoms with E-state index in [0.29, 0.717) is 54.2 Å². The maximum atomic E-state index is 12.3. The second kappa shape index (κ2) is 9.77. The number of morpholine rings is 1. The van der Waals surface area contributed by atoms with E-state index in [4.69, 9.17) is 31.2 Å². The van der Waals surface area contributed by atoms with Crippen LogP contribution in [0.4, 0.5) is 0 Å². The lowest BCUT2D eigenvalue weighted by atomic mass is 9.95. The first-order valence-corrected chi connectivity index (χ1v) is 9.88. The van der Waals surface area contributed by atoms with Crippen LogP contribution >= 0.6 is 12.2 Å². The van der Waals surface area contributed by atoms with E-state index in [-0.39, 0.29) is 12.5 Å². The summed E-state index contributed by atoms with van der Waals surface area (Å²) in [6, 6.07) is 4.73. The fourth-order valence-corrected chi connectivity index (χ4v) is 3.62. The Bertz CT molecular complexity index is 866. The summed E-state index contributed by atoms with van der Waals surface area (Å²) in [5, 5.41) is 6.43. The Labute approximate surface area is 180 Å². The molecule has 0 radical (unpaired) electrons. The Balaban J connectivity index is 1.79. The van der Waals surface area contributed by atoms with E-state index in [9.17, 15) is 9.59 Å². The number of benzene rings is 1. The number of rotatable bonds is 6. The van der Waals surface area contributed by atoms with E-state index >= 15 is 0 Å². The van der Waals surface area contributed by atoms with E-state index in [1.807, 2.05) is 0 Å². The topological polar surface area (TPSA) is 98.4 Å². The highest BCUT2D eigenvalue weighted by molar-refractivity contribution is 7.80. The predicted octanol–water partition coefficient (Wildman–Crippen LogP) is 0.899. The van der Waals surface area contributed by atoms with Gasteiger partial charge in [0.05, 0.1) is 39.0 Å². The Morgan fingerprint density at radius 2 is 1.97 bits per heavy atom. The van der Waals surface area contributed by atoms with E-state index < -0.39 is 12.0 Å². The van der Waals surface area contributed by atoms with Crippen LogP contribution in [0.2, 0.25) is 0 Å². The highest BCUT2D eigenvalue weighted by Gasteiger charge is 2.31. The number of thiocarbonyl (C=S) groups is 1. The van der Waals surface area contributed by atoms with E-state index in [1.165, 1.54) is 14.2 Å². The maximum Gasteiger partial charge on any atom is 0.337 e. The van der Waals surface area contributed by atoms with Crippen LogP contribution in [0.1, 0.15) is 18.5 Å². The number of carbonyl (C=O) groups excluding carboxylic acids is 2. The lowest BCUT2D eigenvalue weighted by Crippen LogP contribution is -2.45. The summed E-state index contributed by atoms with van der Waals surface area (Å²) in [6.45, 7) is 3.84. The van der Waals surface area contributed by atoms with Crippen LogP contribution in [0, 0.1) is 0 Å². The fourth-order valence-electron chi connectivity index (χ4n) is 3.35. The van der Waals surface area contributed by atoms with Crippen LogP contribution in [0.15, 0.2) is 29.5 Å². The minimum atomic E-state index is -0.510. The van der Waals surface area contributed by atoms with Crippen LogP contribution in [0.25, 0.3) is 0 Å². The van der Waals surface area contributed by atoms with Gasteiger partial charge in [0.1, 0.15) is 0 Å². The fraction of sp³-hybridized carbons (Fsp3) is 0.450. The first-order valence-electron chi connectivity index (χ1n) is 9.47. The van der Waals surface area contributed by atoms with Crippen molar-refractivity contribution in [2.75, 3.05) is 47.1 Å². The average molecular weight is 436 g/mol. The molecule has 1 aromatic rings. The molecule has 2 heterocycles. The highest BCUT2D eigenvalue weighted by Crippen LogP contribution is 2.34. The third kappa shape index (κ3) is 4.82. The summed E-state index contributed by atoms with van der Waals surface area (Å²) in [6.07, 6.45) is 0. The van der Waals surface area contributed by atoms with Crippen molar-refractivity contribution >= 4 is 29.2 Å². The number of hydrogen-bond acceptors (Lipinski definition) is 7. The molecule has 3 rings (SSSR count). The average Bonchev–Trinajstić information content (AvgIpc) is 2.76. The molecule has 0 aromatic heterocycles. The van der Waals surface area contributed by atoms with Gasteiger partial charge in [-0.05, 0) is 36.8 Å². The number of nitrogens with zero attached hydrogens (tertiary/aromatic N) is 1. The minimum absolute atomic E-state index is 0.0994. The van der Waals surface area contributed by atoms with Crippen LogP contribution in [0.3, 0.4) is 0 Å². The highest BCUT2D eigenvalue weighted by atomic mass is 32.1. The van der Waals surface area contributed by atoms with Gasteiger partial charge in [-0.2, -0.15) is 0 Å². The van der Waals surface area contributed by atoms with Gasteiger partial charge in [-0.1, -0.05) is 6.07 Å². The van der Waals surface area contributed by atoms with Crippen molar-refractivity contribution in [3.05, 3.63) is 35.0 Å². The Hall–Kier alpha value is -2.85. The molecule has 0 spiro atoms. The van der Waals surface area contributed by atoms with Crippen molar-refractivity contribution in [2.24, 2.45) is 0 Å². The number of hydrogen-bond donors (Lipinski definition) is 2. The Morgan fingerprint density at radius 3 is 2.63 bits per heavy atom. The number of amides is 1. The summed E-state index contributed by atoms with van der Waals surface area (Å²) < 4.78 is 21.3. The van der Waals surface area contributed by atoms with Gasteiger partial charge in [0, 0.05) is 18.8 Å². The molecule has 10 heteroatoms. The number of allylic oxidation sites excluding steroid dienone is 1. The first-order chi connectivity index (χ1) is 14.4. The van der Waals surface area contributed by atoms with Crippen LogP contribution in [-0.2, 0) is 19.1 Å². The Kier molecular flexibility index (Phi) is 7.11. The molecule has 2 aliphatic rings. The number of methoxy groups -OCH3 is 2. The molecule has 1 amide bonds. The second-order valence-electron chi connectivity index (χ2n) is 6.75. The second-order valence-corrected chi connectivity index (χ2v) is 7.16. The SMILES string of the molecule is COC(=O)C1=C(C)NC(=S)NC1c1ccc(OCC(=O)N2CCOCC2)c(OC)c1. The number of nitrogens with one attached hydrogen (secondary N) is 2. The molecule has 30 heavy (non-hydrogen) atoms. The summed E-state index contributed by atoms with van der Waals surface area (Å²) in [5.41, 5.74) is 1.78. The molecule has 1 unspecified atom stereocenters. The van der Waals surface area contributed by atoms with Gasteiger partial charge < -0.3 is 34.5 Å². The van der Waals surface area contributed by atoms with Gasteiger partial charge in [-0.15, -0.1) is 0 Å². The summed E-state index contributed by atoms with van der Waals surface area (Å²) in [7, 11) is 2.84. The monoisotopic (exact) mass is 435 g/mol. The lowest BCUT2D eigenvalue weighted by molar-refractivity contribution is -0.137. The molecule has 0 saturated carbocycles. The summed E-state index contributed by atoms with van der Waals surface area (Å²) >= 11 is 5.24. The minimum Gasteiger partial charge on any atom is -0.493 e. The largest absolute Gasteiger partial charge is 0.493 e. The van der Waals surface area contributed by atoms with Gasteiger partial charge in [0.15, 0.2) is 23.2 Å². The normalized spacial score (nSPS) is 19.0. The molecule has 2 aliphatic heterocycles. The predicted molar refractivity (Wildman–Crippen MR) is 112 cm³/mol. The van der Waals surface area contributed by atoms with Crippen molar-refractivity contribution in [3.8, 4) is 11.5 Å². The van der Waals surface area contributed by atoms with Crippen molar-refractivity contribution < 1.29 is 28.5 Å². The zero-order chi connectivity index (χ0) is 21.7. The molecular formula is C20H25N3O6S. The molecule has 1 aromatic carbocycles. The molecule has 9 nitrogen and oxygen atoms in total. The maximum absolute atomic E-state index is 12.3. The molecule has 162 valence electrons. The molecule has 0 bridgehead atoms. The summed E-state index contributed by atoms with van der Waals surface area (Å²) in [4.78, 5) is 26.3. The van der Waals surface area contributed by atoms with Crippen molar-refractivity contribution in [1.82, 2.24) is 15.5 Å². The zero-order valence-corrected chi connectivity index (χ0v) is 18.0. The number of ether oxygens (including phenoxy) is 4. The molecule has 1 saturated heterocycles. The van der Waals surface area contributed by atoms with Crippen molar-refractivity contribution in [1.29, 1.82) is 0 Å². The molecule has 1 atom stereocenters. The van der Waals surface area contributed by atoms with Gasteiger partial charge >= 0.3 is 5.97 Å². The molecule has 2 N–H and O–H groups in total. The molecule has 1 fully saturated rings. The van der Waals surface area contributed by atoms with Gasteiger partial charge in [0.25, 0.3) is 5.91 Å². The molecule has 0 aliphatic carbocycles. The standard InChI is InChI=1S/C20H25N3O6S/c1-12-17(19(25)27-3)18(22-20(30)21-12)13-4-5-14(15(10-13)26-2)29-11-16(24)23-6-8-28-9-7-23/h4-5,10,18H,6-9,11H2,1-3H3,(H2,21,22,30). The summed E-state index contributed by atoms with van der Waals surface area (Å²) in [5.74, 6) is 0.298. The Morgan fingerprint density at radius 1 is 1.23 bits per heavy atom. The van der Waals surface area contributed by atoms with E-state index in [0.717, 1.165) is 5.56 Å². The van der Waals surface area contributed by atoms with Gasteiger partial charge in [-0.25, -0.2) is 4.79 Å². The van der Waals surface area contributed by atoms with E-state index in [1.54, 1.807) is 30.0 Å². The third-order valence-corrected chi connectivity index (χ3v) is 5.13. The van der Waals surface area contributed by atoms with Crippen molar-refractivity contribution in [3.63, 3.8) is 0 Å². The van der Waals surface area contributed by atoms with Crippen LogP contribution in [0.5, 0.6) is 11.5 Å². The van der Waals surface area contributed by atoms with E-state index in [2.05, 4.69) is 10.6 Å². The van der Waals surface area contributed by atoms with Gasteiger partial charge in [0.2, 0.25) is 0 Å². The lowest BCUT2D eigenvalue weighted by Gasteiger charge is -2.30. The quantitative estimate of drug-likeness (QED) is 0.499.